The Labute approximate surface area is 93.8 Å². The van der Waals surface area contributed by atoms with Crippen LogP contribution in [0.5, 0.6) is 0 Å². The van der Waals surface area contributed by atoms with Gasteiger partial charge in [-0.05, 0) is 12.8 Å². The van der Waals surface area contributed by atoms with E-state index in [9.17, 15) is 0 Å². The highest BCUT2D eigenvalue weighted by Gasteiger charge is 2.00. The zero-order valence-corrected chi connectivity index (χ0v) is 10.3. The summed E-state index contributed by atoms with van der Waals surface area (Å²) < 4.78 is 11.0. The molecule has 0 heterocycles. The topological polar surface area (TPSA) is 30.5 Å². The van der Waals surface area contributed by atoms with E-state index in [0.717, 1.165) is 19.7 Å². The summed E-state index contributed by atoms with van der Waals surface area (Å²) in [4.78, 5) is 0. The summed E-state index contributed by atoms with van der Waals surface area (Å²) in [7, 11) is 0. The van der Waals surface area contributed by atoms with Crippen LogP contribution in [-0.4, -0.2) is 39.0 Å². The number of rotatable bonds is 10. The van der Waals surface area contributed by atoms with Crippen LogP contribution in [0, 0.1) is 5.92 Å². The van der Waals surface area contributed by atoms with Gasteiger partial charge >= 0.3 is 0 Å². The molecule has 0 aromatic carbocycles. The third-order valence-electron chi connectivity index (χ3n) is 1.80. The van der Waals surface area contributed by atoms with Gasteiger partial charge in [0.15, 0.2) is 0 Å². The first-order chi connectivity index (χ1) is 7.16. The summed E-state index contributed by atoms with van der Waals surface area (Å²) >= 11 is 0. The molecule has 0 aliphatic carbocycles. The van der Waals surface area contributed by atoms with Gasteiger partial charge in [0.05, 0.1) is 19.3 Å². The van der Waals surface area contributed by atoms with Crippen LogP contribution in [-0.2, 0) is 9.47 Å². The van der Waals surface area contributed by atoms with E-state index in [4.69, 9.17) is 9.47 Å². The Morgan fingerprint density at radius 1 is 1.27 bits per heavy atom. The van der Waals surface area contributed by atoms with Crippen LogP contribution in [0.4, 0.5) is 0 Å². The van der Waals surface area contributed by atoms with Gasteiger partial charge in [0.2, 0.25) is 0 Å². The highest BCUT2D eigenvalue weighted by molar-refractivity contribution is 4.70. The van der Waals surface area contributed by atoms with Crippen molar-refractivity contribution in [1.29, 1.82) is 0 Å². The number of nitrogens with one attached hydrogen (secondary N) is 1. The quantitative estimate of drug-likeness (QED) is 0.445. The summed E-state index contributed by atoms with van der Waals surface area (Å²) in [6.45, 7) is 13.8. The van der Waals surface area contributed by atoms with Crippen LogP contribution in [0.15, 0.2) is 12.7 Å². The maximum atomic E-state index is 5.55. The van der Waals surface area contributed by atoms with Gasteiger partial charge in [0.1, 0.15) is 0 Å². The van der Waals surface area contributed by atoms with Crippen molar-refractivity contribution in [3.8, 4) is 0 Å². The molecule has 90 valence electrons. The van der Waals surface area contributed by atoms with Crippen molar-refractivity contribution in [2.45, 2.75) is 26.9 Å². The number of hydrogen-bond acceptors (Lipinski definition) is 3. The van der Waals surface area contributed by atoms with E-state index in [-0.39, 0.29) is 6.10 Å². The van der Waals surface area contributed by atoms with Crippen molar-refractivity contribution in [3.63, 3.8) is 0 Å². The average molecular weight is 215 g/mol. The van der Waals surface area contributed by atoms with Crippen LogP contribution in [0.25, 0.3) is 0 Å². The molecule has 1 unspecified atom stereocenters. The highest BCUT2D eigenvalue weighted by Crippen LogP contribution is 1.93. The Balaban J connectivity index is 3.16. The Morgan fingerprint density at radius 3 is 2.60 bits per heavy atom. The molecule has 3 heteroatoms. The van der Waals surface area contributed by atoms with Gasteiger partial charge in [-0.1, -0.05) is 19.9 Å². The molecule has 0 aliphatic rings. The molecule has 0 saturated carbocycles. The molecule has 0 radical (unpaired) electrons. The van der Waals surface area contributed by atoms with E-state index in [1.807, 2.05) is 6.08 Å². The first kappa shape index (κ1) is 14.6. The normalized spacial score (nSPS) is 13.1. The SMILES string of the molecule is C=CCNCC(C)OCCOCC(C)C. The minimum Gasteiger partial charge on any atom is -0.379 e. The molecule has 0 fully saturated rings. The Hall–Kier alpha value is -0.380. The van der Waals surface area contributed by atoms with Crippen molar-refractivity contribution >= 4 is 0 Å². The highest BCUT2D eigenvalue weighted by atomic mass is 16.5. The fourth-order valence-electron chi connectivity index (χ4n) is 1.07. The molecule has 0 aromatic rings. The van der Waals surface area contributed by atoms with Crippen LogP contribution in [0.1, 0.15) is 20.8 Å². The van der Waals surface area contributed by atoms with Crippen LogP contribution < -0.4 is 5.32 Å². The predicted molar refractivity (Wildman–Crippen MR) is 64.1 cm³/mol. The molecule has 0 bridgehead atoms. The Bertz CT molecular complexity index is 149. The monoisotopic (exact) mass is 215 g/mol. The van der Waals surface area contributed by atoms with E-state index in [0.29, 0.717) is 19.1 Å². The minimum atomic E-state index is 0.229. The van der Waals surface area contributed by atoms with Crippen molar-refractivity contribution in [3.05, 3.63) is 12.7 Å². The summed E-state index contributed by atoms with van der Waals surface area (Å²) in [5.74, 6) is 0.594. The summed E-state index contributed by atoms with van der Waals surface area (Å²) in [5.41, 5.74) is 0. The lowest BCUT2D eigenvalue weighted by Crippen LogP contribution is -2.28. The smallest absolute Gasteiger partial charge is 0.0704 e. The van der Waals surface area contributed by atoms with Crippen molar-refractivity contribution in [2.75, 3.05) is 32.9 Å². The Morgan fingerprint density at radius 2 is 2.00 bits per heavy atom. The minimum absolute atomic E-state index is 0.229. The first-order valence-electron chi connectivity index (χ1n) is 5.67. The zero-order chi connectivity index (χ0) is 11.5. The van der Waals surface area contributed by atoms with E-state index >= 15 is 0 Å². The second kappa shape index (κ2) is 10.1. The molecular weight excluding hydrogens is 190 g/mol. The van der Waals surface area contributed by atoms with E-state index in [2.05, 4.69) is 32.7 Å². The van der Waals surface area contributed by atoms with Crippen LogP contribution in [0.3, 0.4) is 0 Å². The first-order valence-corrected chi connectivity index (χ1v) is 5.67. The molecule has 1 atom stereocenters. The third kappa shape index (κ3) is 11.5. The molecule has 15 heavy (non-hydrogen) atoms. The summed E-state index contributed by atoms with van der Waals surface area (Å²) in [5, 5.41) is 3.21. The molecule has 1 N–H and O–H groups in total. The Kier molecular flexibility index (Phi) is 9.89. The molecule has 0 aliphatic heterocycles. The van der Waals surface area contributed by atoms with Gasteiger partial charge < -0.3 is 14.8 Å². The van der Waals surface area contributed by atoms with Gasteiger partial charge in [-0.2, -0.15) is 0 Å². The average Bonchev–Trinajstić information content (AvgIpc) is 2.17. The lowest BCUT2D eigenvalue weighted by molar-refractivity contribution is 0.00702. The summed E-state index contributed by atoms with van der Waals surface area (Å²) in [6, 6.07) is 0. The number of ether oxygens (including phenoxy) is 2. The van der Waals surface area contributed by atoms with Gasteiger partial charge in [-0.25, -0.2) is 0 Å². The van der Waals surface area contributed by atoms with Gasteiger partial charge in [-0.15, -0.1) is 6.58 Å². The second-order valence-corrected chi connectivity index (χ2v) is 4.10. The largest absolute Gasteiger partial charge is 0.379 e. The van der Waals surface area contributed by atoms with Crippen molar-refractivity contribution in [2.24, 2.45) is 5.92 Å². The zero-order valence-electron chi connectivity index (χ0n) is 10.3. The van der Waals surface area contributed by atoms with E-state index < -0.39 is 0 Å². The lowest BCUT2D eigenvalue weighted by atomic mass is 10.2. The molecule has 0 saturated heterocycles. The van der Waals surface area contributed by atoms with Crippen LogP contribution in [0.2, 0.25) is 0 Å². The van der Waals surface area contributed by atoms with E-state index in [1.165, 1.54) is 0 Å². The van der Waals surface area contributed by atoms with Gasteiger partial charge in [0, 0.05) is 19.7 Å². The van der Waals surface area contributed by atoms with Crippen molar-refractivity contribution < 1.29 is 9.47 Å². The lowest BCUT2D eigenvalue weighted by Gasteiger charge is -2.13. The third-order valence-corrected chi connectivity index (χ3v) is 1.80. The molecule has 0 rings (SSSR count). The molecular formula is C12H25NO2. The molecule has 3 nitrogen and oxygen atoms in total. The molecule has 0 spiro atoms. The van der Waals surface area contributed by atoms with Gasteiger partial charge in [0.25, 0.3) is 0 Å². The second-order valence-electron chi connectivity index (χ2n) is 4.10. The molecule has 0 aromatic heterocycles. The fourth-order valence-corrected chi connectivity index (χ4v) is 1.07. The predicted octanol–water partition coefficient (Wildman–Crippen LogP) is 1.84. The fraction of sp³-hybridized carbons (Fsp3) is 0.833. The maximum Gasteiger partial charge on any atom is 0.0704 e. The molecule has 0 amide bonds. The standard InChI is InChI=1S/C12H25NO2/c1-5-6-13-9-12(4)15-8-7-14-10-11(2)3/h5,11-13H,1,6-10H2,2-4H3. The van der Waals surface area contributed by atoms with Gasteiger partial charge in [-0.3, -0.25) is 0 Å². The van der Waals surface area contributed by atoms with E-state index in [1.54, 1.807) is 0 Å². The summed E-state index contributed by atoms with van der Waals surface area (Å²) in [6.07, 6.45) is 2.07. The van der Waals surface area contributed by atoms with Crippen molar-refractivity contribution in [1.82, 2.24) is 5.32 Å². The van der Waals surface area contributed by atoms with Crippen LogP contribution >= 0.6 is 0 Å². The maximum absolute atomic E-state index is 5.55. The number of hydrogen-bond donors (Lipinski definition) is 1.